The molecule has 28 heavy (non-hydrogen) atoms. The van der Waals surface area contributed by atoms with Crippen molar-refractivity contribution in [2.75, 3.05) is 5.75 Å². The first-order valence-corrected chi connectivity index (χ1v) is 9.91. The number of nitrogens with zero attached hydrogens (tertiary/aromatic N) is 3. The van der Waals surface area contributed by atoms with Crippen molar-refractivity contribution in [3.05, 3.63) is 89.2 Å². The number of benzene rings is 1. The normalized spacial score (nSPS) is 16.2. The van der Waals surface area contributed by atoms with Crippen LogP contribution in [0.5, 0.6) is 0 Å². The Hall–Kier alpha value is -3.06. The van der Waals surface area contributed by atoms with E-state index in [9.17, 15) is 10.0 Å². The molecule has 0 saturated carbocycles. The highest BCUT2D eigenvalue weighted by Gasteiger charge is 2.35. The van der Waals surface area contributed by atoms with Gasteiger partial charge in [0.05, 0.1) is 17.7 Å². The third-order valence-electron chi connectivity index (χ3n) is 4.55. The molecule has 0 N–H and O–H groups in total. The van der Waals surface area contributed by atoms with E-state index >= 15 is 0 Å². The summed E-state index contributed by atoms with van der Waals surface area (Å²) in [6.45, 7) is 2.03. The van der Waals surface area contributed by atoms with Crippen molar-refractivity contribution in [1.82, 2.24) is 5.01 Å². The predicted octanol–water partition coefficient (Wildman–Crippen LogP) is 3.69. The maximum Gasteiger partial charge on any atom is 0.253 e. The van der Waals surface area contributed by atoms with Gasteiger partial charge in [0, 0.05) is 18.6 Å². The minimum atomic E-state index is -0.283. The molecule has 3 heterocycles. The number of carbonyl (C=O) groups excluding carboxylic acids is 1. The number of hydrazone groups is 1. The summed E-state index contributed by atoms with van der Waals surface area (Å²) in [6.07, 6.45) is 3.60. The van der Waals surface area contributed by atoms with Gasteiger partial charge < -0.3 is 9.62 Å². The molecule has 3 aromatic rings. The first kappa shape index (κ1) is 18.3. The van der Waals surface area contributed by atoms with Crippen LogP contribution >= 0.6 is 11.8 Å². The highest BCUT2D eigenvalue weighted by molar-refractivity contribution is 7.99. The quantitative estimate of drug-likeness (QED) is 0.376. The summed E-state index contributed by atoms with van der Waals surface area (Å²) >= 11 is 1.20. The Morgan fingerprint density at radius 3 is 2.79 bits per heavy atom. The van der Waals surface area contributed by atoms with E-state index in [0.717, 1.165) is 16.0 Å². The zero-order valence-electron chi connectivity index (χ0n) is 15.3. The number of rotatable bonds is 5. The lowest BCUT2D eigenvalue weighted by Gasteiger charge is -2.19. The maximum atomic E-state index is 12.9. The van der Waals surface area contributed by atoms with E-state index in [2.05, 4.69) is 5.10 Å². The Morgan fingerprint density at radius 1 is 1.25 bits per heavy atom. The van der Waals surface area contributed by atoms with Crippen LogP contribution in [0.4, 0.5) is 0 Å². The average molecular weight is 393 g/mol. The van der Waals surface area contributed by atoms with Crippen LogP contribution in [-0.2, 0) is 4.79 Å². The van der Waals surface area contributed by atoms with Crippen LogP contribution in [0.25, 0.3) is 0 Å². The zero-order chi connectivity index (χ0) is 19.5. The van der Waals surface area contributed by atoms with Gasteiger partial charge in [-0.1, -0.05) is 29.8 Å². The molecule has 2 aromatic heterocycles. The molecule has 0 aliphatic carbocycles. The number of hydrogen-bond acceptors (Lipinski definition) is 5. The third kappa shape index (κ3) is 3.80. The molecule has 1 aliphatic rings. The molecule has 1 aromatic carbocycles. The summed E-state index contributed by atoms with van der Waals surface area (Å²) in [5.74, 6) is 0.647. The minimum Gasteiger partial charge on any atom is -0.618 e. The van der Waals surface area contributed by atoms with E-state index < -0.39 is 0 Å². The fourth-order valence-electron chi connectivity index (χ4n) is 3.09. The molecule has 0 saturated heterocycles. The van der Waals surface area contributed by atoms with Crippen LogP contribution in [0.2, 0.25) is 0 Å². The Balaban J connectivity index is 1.56. The molecule has 1 aliphatic heterocycles. The Kier molecular flexibility index (Phi) is 5.16. The van der Waals surface area contributed by atoms with Crippen LogP contribution in [0.1, 0.15) is 29.3 Å². The third-order valence-corrected chi connectivity index (χ3v) is 5.56. The lowest BCUT2D eigenvalue weighted by molar-refractivity contribution is -0.645. The largest absolute Gasteiger partial charge is 0.618 e. The second-order valence-corrected chi connectivity index (χ2v) is 7.54. The zero-order valence-corrected chi connectivity index (χ0v) is 16.1. The summed E-state index contributed by atoms with van der Waals surface area (Å²) in [7, 11) is 0. The highest BCUT2D eigenvalue weighted by Crippen LogP contribution is 2.33. The average Bonchev–Trinajstić information content (AvgIpc) is 3.37. The lowest BCUT2D eigenvalue weighted by atomic mass is 10.0. The van der Waals surface area contributed by atoms with E-state index in [1.165, 1.54) is 28.5 Å². The van der Waals surface area contributed by atoms with Gasteiger partial charge in [-0.25, -0.2) is 5.01 Å². The predicted molar refractivity (Wildman–Crippen MR) is 107 cm³/mol. The van der Waals surface area contributed by atoms with Crippen molar-refractivity contribution >= 4 is 23.4 Å². The van der Waals surface area contributed by atoms with Gasteiger partial charge in [0.15, 0.2) is 6.20 Å². The topological polar surface area (TPSA) is 72.8 Å². The van der Waals surface area contributed by atoms with Crippen molar-refractivity contribution in [1.29, 1.82) is 0 Å². The number of thioether (sulfide) groups is 1. The van der Waals surface area contributed by atoms with Crippen molar-refractivity contribution in [2.45, 2.75) is 24.4 Å². The standard InChI is InChI=1S/C21H19N3O3S/c1-15-7-9-16(10-8-15)17-13-18(19-5-4-12-27-19)24(22-17)20(25)14-28-21-6-2-3-11-23(21)26/h2-12,18H,13-14H2,1H3. The monoisotopic (exact) mass is 393 g/mol. The maximum absolute atomic E-state index is 12.9. The fraction of sp³-hybridized carbons (Fsp3) is 0.190. The second kappa shape index (κ2) is 7.90. The van der Waals surface area contributed by atoms with Crippen LogP contribution in [0, 0.1) is 12.1 Å². The summed E-state index contributed by atoms with van der Waals surface area (Å²) in [4.78, 5) is 12.9. The number of carbonyl (C=O) groups is 1. The molecule has 0 radical (unpaired) electrons. The van der Waals surface area contributed by atoms with E-state index in [-0.39, 0.29) is 17.7 Å². The number of amides is 1. The second-order valence-electron chi connectivity index (χ2n) is 6.54. The summed E-state index contributed by atoms with van der Waals surface area (Å²) in [5.41, 5.74) is 3.01. The van der Waals surface area contributed by atoms with Crippen LogP contribution in [0.15, 0.2) is 81.6 Å². The molecule has 142 valence electrons. The molecule has 1 amide bonds. The number of furan rings is 1. The molecule has 0 bridgehead atoms. The van der Waals surface area contributed by atoms with Gasteiger partial charge >= 0.3 is 0 Å². The summed E-state index contributed by atoms with van der Waals surface area (Å²) in [6, 6.07) is 16.6. The smallest absolute Gasteiger partial charge is 0.253 e. The van der Waals surface area contributed by atoms with Gasteiger partial charge in [0.25, 0.3) is 10.9 Å². The molecule has 6 nitrogen and oxygen atoms in total. The first-order valence-electron chi connectivity index (χ1n) is 8.93. The molecule has 0 spiro atoms. The van der Waals surface area contributed by atoms with E-state index in [1.807, 2.05) is 37.3 Å². The summed E-state index contributed by atoms with van der Waals surface area (Å²) in [5, 5.41) is 18.4. The molecule has 1 unspecified atom stereocenters. The number of hydrogen-bond donors (Lipinski definition) is 0. The van der Waals surface area contributed by atoms with Crippen LogP contribution in [-0.4, -0.2) is 22.4 Å². The van der Waals surface area contributed by atoms with E-state index in [1.54, 1.807) is 30.5 Å². The van der Waals surface area contributed by atoms with Gasteiger partial charge in [0.2, 0.25) is 0 Å². The Morgan fingerprint density at radius 2 is 2.07 bits per heavy atom. The van der Waals surface area contributed by atoms with E-state index in [0.29, 0.717) is 17.2 Å². The SMILES string of the molecule is Cc1ccc(C2=NN(C(=O)CSc3cccc[n+]3[O-])C(c3ccco3)C2)cc1. The lowest BCUT2D eigenvalue weighted by Crippen LogP contribution is -2.31. The van der Waals surface area contributed by atoms with Crippen molar-refractivity contribution in [3.63, 3.8) is 0 Å². The Bertz CT molecular complexity index is 1000. The van der Waals surface area contributed by atoms with Gasteiger partial charge in [-0.05, 0) is 42.4 Å². The molecule has 0 fully saturated rings. The molecule has 7 heteroatoms. The molecular formula is C21H19N3O3S. The van der Waals surface area contributed by atoms with Crippen molar-refractivity contribution in [2.24, 2.45) is 5.10 Å². The van der Waals surface area contributed by atoms with Crippen LogP contribution < -0.4 is 4.73 Å². The van der Waals surface area contributed by atoms with Crippen LogP contribution in [0.3, 0.4) is 0 Å². The number of aryl methyl sites for hydroxylation is 1. The van der Waals surface area contributed by atoms with Gasteiger partial charge in [-0.2, -0.15) is 9.83 Å². The number of aromatic nitrogens is 1. The van der Waals surface area contributed by atoms with Crippen molar-refractivity contribution < 1.29 is 13.9 Å². The molecule has 4 rings (SSSR count). The first-order chi connectivity index (χ1) is 13.6. The van der Waals surface area contributed by atoms with Gasteiger partial charge in [0.1, 0.15) is 11.8 Å². The molecular weight excluding hydrogens is 374 g/mol. The molecule has 1 atom stereocenters. The van der Waals surface area contributed by atoms with Gasteiger partial charge in [-0.15, -0.1) is 0 Å². The fourth-order valence-corrected chi connectivity index (χ4v) is 3.86. The Labute approximate surface area is 167 Å². The summed E-state index contributed by atoms with van der Waals surface area (Å²) < 4.78 is 6.31. The number of pyridine rings is 1. The van der Waals surface area contributed by atoms with E-state index in [4.69, 9.17) is 4.42 Å². The van der Waals surface area contributed by atoms with Gasteiger partial charge in [-0.3, -0.25) is 4.79 Å². The van der Waals surface area contributed by atoms with Crippen molar-refractivity contribution in [3.8, 4) is 0 Å². The highest BCUT2D eigenvalue weighted by atomic mass is 32.2. The minimum absolute atomic E-state index is 0.119.